The maximum absolute atomic E-state index is 12.4. The highest BCUT2D eigenvalue weighted by atomic mass is 16.2. The first kappa shape index (κ1) is 12.4. The predicted octanol–water partition coefficient (Wildman–Crippen LogP) is 2.76. The number of benzene rings is 1. The first-order chi connectivity index (χ1) is 8.77. The second kappa shape index (κ2) is 5.50. The lowest BCUT2D eigenvalue weighted by Crippen LogP contribution is -2.43. The van der Waals surface area contributed by atoms with Gasteiger partial charge in [-0.2, -0.15) is 5.26 Å². The lowest BCUT2D eigenvalue weighted by atomic mass is 9.97. The van der Waals surface area contributed by atoms with Crippen LogP contribution in [0.3, 0.4) is 0 Å². The summed E-state index contributed by atoms with van der Waals surface area (Å²) in [6.07, 6.45) is 3.74. The van der Waals surface area contributed by atoms with Gasteiger partial charge in [0, 0.05) is 12.1 Å². The smallest absolute Gasteiger partial charge is 0.255 e. The van der Waals surface area contributed by atoms with E-state index in [0.29, 0.717) is 12.1 Å². The van der Waals surface area contributed by atoms with Crippen molar-refractivity contribution in [2.45, 2.75) is 25.8 Å². The van der Waals surface area contributed by atoms with E-state index in [-0.39, 0.29) is 5.91 Å². The van der Waals surface area contributed by atoms with Crippen LogP contribution < -0.4 is 0 Å². The normalized spacial score (nSPS) is 19.0. The Balaban J connectivity index is 2.26. The van der Waals surface area contributed by atoms with Crippen molar-refractivity contribution < 1.29 is 4.79 Å². The Bertz CT molecular complexity index is 499. The van der Waals surface area contributed by atoms with Crippen molar-refractivity contribution >= 4 is 5.91 Å². The molecule has 1 aromatic rings. The Morgan fingerprint density at radius 2 is 2.17 bits per heavy atom. The van der Waals surface area contributed by atoms with Crippen LogP contribution in [-0.4, -0.2) is 23.4 Å². The van der Waals surface area contributed by atoms with Gasteiger partial charge in [-0.05, 0) is 30.5 Å². The second-order valence-corrected chi connectivity index (χ2v) is 4.32. The Hall–Kier alpha value is -2.08. The van der Waals surface area contributed by atoms with E-state index in [1.807, 2.05) is 25.1 Å². The van der Waals surface area contributed by atoms with Crippen LogP contribution in [0.2, 0.25) is 0 Å². The fourth-order valence-electron chi connectivity index (χ4n) is 2.29. The first-order valence-electron chi connectivity index (χ1n) is 6.22. The summed E-state index contributed by atoms with van der Waals surface area (Å²) < 4.78 is 0. The molecule has 1 amide bonds. The van der Waals surface area contributed by atoms with Crippen LogP contribution in [0.4, 0.5) is 0 Å². The molecule has 1 aromatic carbocycles. The Morgan fingerprint density at radius 1 is 1.44 bits per heavy atom. The second-order valence-electron chi connectivity index (χ2n) is 4.32. The molecular weight excluding hydrogens is 224 g/mol. The van der Waals surface area contributed by atoms with E-state index in [0.717, 1.165) is 18.4 Å². The molecule has 1 unspecified atom stereocenters. The summed E-state index contributed by atoms with van der Waals surface area (Å²) >= 11 is 0. The van der Waals surface area contributed by atoms with E-state index >= 15 is 0 Å². The van der Waals surface area contributed by atoms with Crippen LogP contribution >= 0.6 is 0 Å². The largest absolute Gasteiger partial charge is 0.319 e. The number of carbonyl (C=O) groups excluding carboxylic acids is 1. The fourth-order valence-corrected chi connectivity index (χ4v) is 2.29. The minimum atomic E-state index is -0.406. The summed E-state index contributed by atoms with van der Waals surface area (Å²) in [5.41, 5.74) is 1.70. The molecule has 0 aromatic heterocycles. The van der Waals surface area contributed by atoms with Gasteiger partial charge in [-0.25, -0.2) is 0 Å². The molecule has 18 heavy (non-hydrogen) atoms. The summed E-state index contributed by atoms with van der Waals surface area (Å²) in [5, 5.41) is 9.27. The first-order valence-corrected chi connectivity index (χ1v) is 6.22. The predicted molar refractivity (Wildman–Crippen MR) is 69.9 cm³/mol. The summed E-state index contributed by atoms with van der Waals surface area (Å²) in [6.45, 7) is 2.64. The average molecular weight is 240 g/mol. The van der Waals surface area contributed by atoms with Gasteiger partial charge in [-0.15, -0.1) is 0 Å². The quantitative estimate of drug-likeness (QED) is 0.746. The molecular formula is C15H16N2O. The number of hydrogen-bond donors (Lipinski definition) is 0. The van der Waals surface area contributed by atoms with Gasteiger partial charge in [0.1, 0.15) is 6.04 Å². The Kier molecular flexibility index (Phi) is 3.78. The van der Waals surface area contributed by atoms with Gasteiger partial charge in [-0.3, -0.25) is 4.79 Å². The maximum Gasteiger partial charge on any atom is 0.255 e. The van der Waals surface area contributed by atoms with Gasteiger partial charge in [-0.1, -0.05) is 31.2 Å². The molecule has 3 nitrogen and oxygen atoms in total. The van der Waals surface area contributed by atoms with E-state index in [2.05, 4.69) is 12.1 Å². The van der Waals surface area contributed by atoms with Crippen LogP contribution in [0.1, 0.15) is 30.1 Å². The van der Waals surface area contributed by atoms with Crippen molar-refractivity contribution in [1.82, 2.24) is 4.90 Å². The van der Waals surface area contributed by atoms with Crippen molar-refractivity contribution in [3.8, 4) is 6.07 Å². The zero-order valence-electron chi connectivity index (χ0n) is 10.5. The van der Waals surface area contributed by atoms with E-state index < -0.39 is 6.04 Å². The molecule has 1 aliphatic heterocycles. The van der Waals surface area contributed by atoms with Crippen molar-refractivity contribution in [3.05, 3.63) is 47.5 Å². The van der Waals surface area contributed by atoms with Crippen molar-refractivity contribution in [2.24, 2.45) is 0 Å². The lowest BCUT2D eigenvalue weighted by molar-refractivity contribution is 0.0729. The van der Waals surface area contributed by atoms with E-state index in [1.165, 1.54) is 0 Å². The highest BCUT2D eigenvalue weighted by molar-refractivity contribution is 5.95. The molecule has 0 radical (unpaired) electrons. The molecule has 0 N–H and O–H groups in total. The highest BCUT2D eigenvalue weighted by Gasteiger charge is 2.28. The van der Waals surface area contributed by atoms with Crippen LogP contribution in [0.5, 0.6) is 0 Å². The van der Waals surface area contributed by atoms with Gasteiger partial charge in [0.15, 0.2) is 0 Å². The topological polar surface area (TPSA) is 44.1 Å². The van der Waals surface area contributed by atoms with E-state index in [9.17, 15) is 10.1 Å². The third kappa shape index (κ3) is 2.28. The van der Waals surface area contributed by atoms with Crippen LogP contribution in [0.25, 0.3) is 0 Å². The van der Waals surface area contributed by atoms with Gasteiger partial charge in [0.05, 0.1) is 6.07 Å². The summed E-state index contributed by atoms with van der Waals surface area (Å²) in [4.78, 5) is 14.1. The minimum absolute atomic E-state index is 0.0544. The highest BCUT2D eigenvalue weighted by Crippen LogP contribution is 2.22. The number of hydrogen-bond acceptors (Lipinski definition) is 2. The summed E-state index contributed by atoms with van der Waals surface area (Å²) in [5.74, 6) is -0.0544. The van der Waals surface area contributed by atoms with Crippen molar-refractivity contribution in [1.29, 1.82) is 5.26 Å². The van der Waals surface area contributed by atoms with E-state index in [1.54, 1.807) is 17.0 Å². The van der Waals surface area contributed by atoms with Crippen molar-refractivity contribution in [2.75, 3.05) is 6.54 Å². The van der Waals surface area contributed by atoms with Gasteiger partial charge >= 0.3 is 0 Å². The molecule has 0 spiro atoms. The number of rotatable bonds is 2. The molecule has 3 heteroatoms. The van der Waals surface area contributed by atoms with Crippen LogP contribution in [0, 0.1) is 11.3 Å². The van der Waals surface area contributed by atoms with Gasteiger partial charge < -0.3 is 4.90 Å². The maximum atomic E-state index is 12.4. The average Bonchev–Trinajstić information content (AvgIpc) is 2.46. The molecule has 92 valence electrons. The third-order valence-corrected chi connectivity index (χ3v) is 3.25. The molecule has 1 heterocycles. The summed E-state index contributed by atoms with van der Waals surface area (Å²) in [7, 11) is 0. The Labute approximate surface area is 107 Å². The molecule has 2 rings (SSSR count). The molecule has 0 fully saturated rings. The molecule has 0 bridgehead atoms. The lowest BCUT2D eigenvalue weighted by Gasteiger charge is -2.32. The zero-order chi connectivity index (χ0) is 13.0. The number of amides is 1. The molecule has 1 aliphatic rings. The van der Waals surface area contributed by atoms with Crippen LogP contribution in [-0.2, 0) is 0 Å². The van der Waals surface area contributed by atoms with Crippen molar-refractivity contribution in [3.63, 3.8) is 0 Å². The molecule has 0 saturated carbocycles. The zero-order valence-corrected chi connectivity index (χ0v) is 10.5. The fraction of sp³-hybridized carbons (Fsp3) is 0.333. The van der Waals surface area contributed by atoms with Gasteiger partial charge in [0.25, 0.3) is 5.91 Å². The van der Waals surface area contributed by atoms with E-state index in [4.69, 9.17) is 0 Å². The van der Waals surface area contributed by atoms with Crippen LogP contribution in [0.15, 0.2) is 42.0 Å². The third-order valence-electron chi connectivity index (χ3n) is 3.25. The number of nitrogens with zero attached hydrogens (tertiary/aromatic N) is 2. The standard InChI is InChI=1S/C15H16N2O/c1-2-12-9-6-10-17(14(12)11-16)15(18)13-7-4-3-5-8-13/h3-5,7-9,14H,2,6,10H2,1H3. The number of carbonyl (C=O) groups is 1. The minimum Gasteiger partial charge on any atom is -0.319 e. The molecule has 1 atom stereocenters. The summed E-state index contributed by atoms with van der Waals surface area (Å²) in [6, 6.07) is 11.0. The van der Waals surface area contributed by atoms with Gasteiger partial charge in [0.2, 0.25) is 0 Å². The SMILES string of the molecule is CCC1=CCCN(C(=O)c2ccccc2)C1C#N. The molecule has 0 saturated heterocycles. The monoisotopic (exact) mass is 240 g/mol. The molecule has 0 aliphatic carbocycles. The Morgan fingerprint density at radius 3 is 2.78 bits per heavy atom. The number of nitriles is 1.